The predicted molar refractivity (Wildman–Crippen MR) is 292 cm³/mol. The van der Waals surface area contributed by atoms with Crippen LogP contribution in [0, 0.1) is 5.92 Å². The quantitative estimate of drug-likeness (QED) is 0.167. The van der Waals surface area contributed by atoms with E-state index in [9.17, 15) is 9.59 Å². The lowest BCUT2D eigenvalue weighted by Gasteiger charge is -2.57. The van der Waals surface area contributed by atoms with Gasteiger partial charge in [-0.05, 0) is 156 Å². The monoisotopic (exact) mass is 964 g/mol. The van der Waals surface area contributed by atoms with Gasteiger partial charge in [0.05, 0.1) is 16.6 Å². The number of carbonyl (C=O) groups is 2. The molecule has 0 spiro atoms. The van der Waals surface area contributed by atoms with Crippen LogP contribution in [0.3, 0.4) is 0 Å². The number of likely N-dealkylation sites (tertiary alicyclic amines) is 1. The summed E-state index contributed by atoms with van der Waals surface area (Å²) in [6.45, 7) is 36.8. The zero-order chi connectivity index (χ0) is 50.5. The zero-order valence-electron chi connectivity index (χ0n) is 46.7. The summed E-state index contributed by atoms with van der Waals surface area (Å²) in [6.07, 6.45) is 19.2. The highest BCUT2D eigenvalue weighted by Gasteiger charge is 2.51. The van der Waals surface area contributed by atoms with Crippen molar-refractivity contribution >= 4 is 29.5 Å². The van der Waals surface area contributed by atoms with Crippen LogP contribution < -0.4 is 14.7 Å². The summed E-state index contributed by atoms with van der Waals surface area (Å²) in [4.78, 5) is 65.2. The fourth-order valence-corrected chi connectivity index (χ4v) is 13.8. The molecular weight excluding hydrogens is 859 g/mol. The molecule has 396 valence electrons. The number of amides is 1. The Labute approximate surface area is 425 Å². The molecule has 13 nitrogen and oxygen atoms in total. The molecule has 3 saturated carbocycles. The summed E-state index contributed by atoms with van der Waals surface area (Å²) < 4.78 is 0. The molecule has 1 aromatic rings. The molecule has 0 aromatic carbocycles. The summed E-state index contributed by atoms with van der Waals surface area (Å²) in [6, 6.07) is 0.890. The highest BCUT2D eigenvalue weighted by molar-refractivity contribution is 5.91. The third-order valence-electron chi connectivity index (χ3n) is 19.4. The minimum absolute atomic E-state index is 0. The maximum absolute atomic E-state index is 14.4. The largest absolute Gasteiger partial charge is 0.370 e. The fourth-order valence-electron chi connectivity index (χ4n) is 13.8. The first-order valence-corrected chi connectivity index (χ1v) is 27.8. The van der Waals surface area contributed by atoms with Crippen LogP contribution in [0.25, 0.3) is 0 Å². The van der Waals surface area contributed by atoms with Gasteiger partial charge in [0.25, 0.3) is 0 Å². The van der Waals surface area contributed by atoms with Gasteiger partial charge in [-0.3, -0.25) is 24.3 Å². The number of likely N-dealkylation sites (N-methyl/N-ethyl adjacent to an activating group) is 3. The Kier molecular flexibility index (Phi) is 15.9. The number of Topliss-reactive ketones (excluding diaryl/α,β-unsaturated/α-hetero) is 1. The van der Waals surface area contributed by atoms with Crippen molar-refractivity contribution in [3.63, 3.8) is 0 Å². The molecule has 69 heavy (non-hydrogen) atoms. The number of piperazine rings is 2. The number of carbonyl (C=O) groups excluding carboxylic acids is 2. The summed E-state index contributed by atoms with van der Waals surface area (Å²) in [7, 11) is 6.46. The Hall–Kier alpha value is -3.03. The second-order valence-electron chi connectivity index (χ2n) is 26.1. The number of hydrogen-bond acceptors (Lipinski definition) is 12. The Bertz CT molecular complexity index is 1750. The average molecular weight is 965 g/mol. The Morgan fingerprint density at radius 2 is 0.870 bits per heavy atom. The summed E-state index contributed by atoms with van der Waals surface area (Å²) in [5, 5.41) is 0. The predicted octanol–water partition coefficient (Wildman–Crippen LogP) is 10.1. The number of anilines is 3. The van der Waals surface area contributed by atoms with Crippen LogP contribution >= 0.6 is 0 Å². The number of ketones is 1. The Morgan fingerprint density at radius 3 is 1.30 bits per heavy atom. The first-order chi connectivity index (χ1) is 32.2. The maximum Gasteiger partial charge on any atom is 0.242 e. The van der Waals surface area contributed by atoms with Crippen molar-refractivity contribution in [2.24, 2.45) is 5.92 Å². The minimum Gasteiger partial charge on any atom is -0.370 e. The first kappa shape index (κ1) is 53.8. The lowest BCUT2D eigenvalue weighted by Crippen LogP contribution is -2.70. The fraction of sp³-hybridized carbons (Fsp3) is 0.875. The molecule has 0 N–H and O–H groups in total. The number of nitrogens with zero attached hydrogens (tertiary/aromatic N) is 11. The topological polar surface area (TPSA) is 98.7 Å². The molecule has 0 bridgehead atoms. The van der Waals surface area contributed by atoms with Gasteiger partial charge >= 0.3 is 0 Å². The van der Waals surface area contributed by atoms with Crippen LogP contribution in [0.2, 0.25) is 0 Å². The van der Waals surface area contributed by atoms with E-state index in [1.165, 1.54) is 57.8 Å². The molecule has 1 amide bonds. The highest BCUT2D eigenvalue weighted by Crippen LogP contribution is 2.41. The molecule has 3 saturated heterocycles. The number of hydrogen-bond donors (Lipinski definition) is 0. The van der Waals surface area contributed by atoms with Gasteiger partial charge in [0.15, 0.2) is 5.78 Å². The van der Waals surface area contributed by atoms with E-state index in [1.54, 1.807) is 0 Å². The van der Waals surface area contributed by atoms with Gasteiger partial charge < -0.3 is 24.5 Å². The van der Waals surface area contributed by atoms with Crippen molar-refractivity contribution < 1.29 is 13.9 Å². The summed E-state index contributed by atoms with van der Waals surface area (Å²) in [5.74, 6) is 2.80. The Morgan fingerprint density at radius 1 is 0.507 bits per heavy atom. The molecular formula is C56H105N11O2. The lowest BCUT2D eigenvalue weighted by molar-refractivity contribution is -0.157. The van der Waals surface area contributed by atoms with E-state index >= 15 is 0 Å². The molecule has 13 heteroatoms. The second-order valence-corrected chi connectivity index (χ2v) is 26.1. The number of aromatic nitrogens is 3. The van der Waals surface area contributed by atoms with Crippen LogP contribution in [-0.4, -0.2) is 169 Å². The molecule has 1 aromatic heterocycles. The molecule has 6 aliphatic rings. The second kappa shape index (κ2) is 20.5. The molecule has 3 aliphatic carbocycles. The molecule has 0 radical (unpaired) electrons. The van der Waals surface area contributed by atoms with Crippen molar-refractivity contribution in [2.75, 3.05) is 81.7 Å². The SMILES string of the molecule is C=C1N(CCN(c2nc(N(CCC3CC(C)(C)N(C)C(C)(C)C3=O)C3CCCCC3)nc(N(CCN3CC(C)(C)N(C)C(C)(C)C3=O)C3CCCCC3)n2)C2CCCCC2)CC(C)(C)N(C)C1(C)C.[HH].[HH].[HH]. The lowest BCUT2D eigenvalue weighted by atomic mass is 9.72. The van der Waals surface area contributed by atoms with Gasteiger partial charge in [-0.2, -0.15) is 15.0 Å². The molecule has 3 aliphatic heterocycles. The van der Waals surface area contributed by atoms with Crippen LogP contribution in [0.1, 0.15) is 197 Å². The van der Waals surface area contributed by atoms with E-state index in [2.05, 4.69) is 143 Å². The van der Waals surface area contributed by atoms with E-state index in [-0.39, 0.29) is 44.3 Å². The van der Waals surface area contributed by atoms with Crippen molar-refractivity contribution in [1.29, 1.82) is 0 Å². The van der Waals surface area contributed by atoms with Gasteiger partial charge in [0, 0.05) is 96.5 Å². The van der Waals surface area contributed by atoms with Gasteiger partial charge in [0.2, 0.25) is 23.8 Å². The number of piperidine rings is 1. The van der Waals surface area contributed by atoms with Gasteiger partial charge in [-0.15, -0.1) is 0 Å². The maximum atomic E-state index is 14.4. The van der Waals surface area contributed by atoms with Crippen molar-refractivity contribution in [3.8, 4) is 0 Å². The third-order valence-corrected chi connectivity index (χ3v) is 19.4. The summed E-state index contributed by atoms with van der Waals surface area (Å²) >= 11 is 0. The van der Waals surface area contributed by atoms with Crippen LogP contribution in [0.15, 0.2) is 12.3 Å². The molecule has 7 rings (SSSR count). The van der Waals surface area contributed by atoms with Crippen LogP contribution in [0.4, 0.5) is 17.8 Å². The molecule has 1 unspecified atom stereocenters. The molecule has 1 atom stereocenters. The van der Waals surface area contributed by atoms with Crippen molar-refractivity contribution in [3.05, 3.63) is 12.3 Å². The summed E-state index contributed by atoms with van der Waals surface area (Å²) in [5.41, 5.74) is -0.444. The standard InChI is InChI=1S/C56H99N11O2.3H2/c1-41-54(8,9)61(15)52(4,5)39-63(41)34-36-66(44-28-22-18-23-29-44)49-57-48(65(43-26-20-17-21-27-43)33-32-42-38-51(2,3)60(14)55(10,11)46(42)68)58-50(59-49)67(45-30-24-19-25-31-45)37-35-64-40-53(6,7)62(16)56(12,13)47(64)69;;;/h42-45H,1,17-40H2,2-16H3;3*1H. The first-order valence-electron chi connectivity index (χ1n) is 27.8. The third kappa shape index (κ3) is 11.0. The van der Waals surface area contributed by atoms with E-state index in [0.717, 1.165) is 101 Å². The van der Waals surface area contributed by atoms with E-state index in [0.29, 0.717) is 37.5 Å². The van der Waals surface area contributed by atoms with Crippen molar-refractivity contribution in [1.82, 2.24) is 39.5 Å². The zero-order valence-corrected chi connectivity index (χ0v) is 46.7. The smallest absolute Gasteiger partial charge is 0.242 e. The van der Waals surface area contributed by atoms with Gasteiger partial charge in [0.1, 0.15) is 0 Å². The molecule has 4 heterocycles. The van der Waals surface area contributed by atoms with Crippen molar-refractivity contribution in [2.45, 2.75) is 244 Å². The van der Waals surface area contributed by atoms with Gasteiger partial charge in [-0.1, -0.05) is 64.4 Å². The molecule has 6 fully saturated rings. The minimum atomic E-state index is -0.606. The van der Waals surface area contributed by atoms with Crippen LogP contribution in [-0.2, 0) is 9.59 Å². The van der Waals surface area contributed by atoms with E-state index in [1.807, 2.05) is 0 Å². The van der Waals surface area contributed by atoms with Crippen LogP contribution in [0.5, 0.6) is 0 Å². The van der Waals surface area contributed by atoms with Gasteiger partial charge in [-0.25, -0.2) is 0 Å². The number of rotatable bonds is 15. The normalized spacial score (nSPS) is 27.2. The Balaban J connectivity index is 0.00000375. The average Bonchev–Trinajstić information content (AvgIpc) is 3.31. The highest BCUT2D eigenvalue weighted by atomic mass is 16.2. The van der Waals surface area contributed by atoms with E-state index in [4.69, 9.17) is 21.5 Å². The van der Waals surface area contributed by atoms with E-state index < -0.39 is 11.1 Å².